The molecule has 2 rings (SSSR count). The first kappa shape index (κ1) is 13.0. The molecule has 0 aromatic carbocycles. The molecule has 1 aliphatic rings. The van der Waals surface area contributed by atoms with Crippen molar-refractivity contribution in [2.24, 2.45) is 7.05 Å². The van der Waals surface area contributed by atoms with Crippen LogP contribution in [0.5, 0.6) is 0 Å². The summed E-state index contributed by atoms with van der Waals surface area (Å²) in [4.78, 5) is 0. The summed E-state index contributed by atoms with van der Waals surface area (Å²) in [5.41, 5.74) is -0.892. The van der Waals surface area contributed by atoms with Crippen molar-refractivity contribution in [3.63, 3.8) is 0 Å². The number of nitrogens with one attached hydrogen (secondary N) is 1. The zero-order chi connectivity index (χ0) is 12.5. The molecule has 1 aliphatic heterocycles. The lowest BCUT2D eigenvalue weighted by Crippen LogP contribution is -2.39. The number of aryl methyl sites for hydroxylation is 1. The Morgan fingerprint density at radius 2 is 2.35 bits per heavy atom. The Morgan fingerprint density at radius 1 is 1.59 bits per heavy atom. The van der Waals surface area contributed by atoms with Gasteiger partial charge in [-0.2, -0.15) is 0 Å². The zero-order valence-corrected chi connectivity index (χ0v) is 11.8. The lowest BCUT2D eigenvalue weighted by molar-refractivity contribution is 0.134. The molecule has 0 bridgehead atoms. The van der Waals surface area contributed by atoms with E-state index in [9.17, 15) is 4.39 Å². The Morgan fingerprint density at radius 3 is 2.88 bits per heavy atom. The molecule has 6 heteroatoms. The van der Waals surface area contributed by atoms with Gasteiger partial charge in [0.15, 0.2) is 10.3 Å². The van der Waals surface area contributed by atoms with Crippen LogP contribution >= 0.6 is 15.9 Å². The molecular formula is C11H18BrFN4. The highest BCUT2D eigenvalue weighted by Crippen LogP contribution is 2.35. The molecule has 1 saturated heterocycles. The van der Waals surface area contributed by atoms with Gasteiger partial charge in [0.2, 0.25) is 0 Å². The van der Waals surface area contributed by atoms with Crippen LogP contribution in [-0.2, 0) is 12.7 Å². The van der Waals surface area contributed by atoms with Crippen molar-refractivity contribution in [1.82, 2.24) is 20.3 Å². The summed E-state index contributed by atoms with van der Waals surface area (Å²) < 4.78 is 16.8. The highest BCUT2D eigenvalue weighted by molar-refractivity contribution is 9.10. The van der Waals surface area contributed by atoms with Crippen molar-refractivity contribution < 1.29 is 4.39 Å². The lowest BCUT2D eigenvalue weighted by atomic mass is 9.91. The molecule has 2 atom stereocenters. The van der Waals surface area contributed by atoms with E-state index in [1.54, 1.807) is 14.0 Å². The van der Waals surface area contributed by atoms with E-state index in [1.807, 2.05) is 0 Å². The minimum absolute atomic E-state index is 0.251. The van der Waals surface area contributed by atoms with Crippen LogP contribution in [0.4, 0.5) is 4.39 Å². The second-order valence-corrected chi connectivity index (χ2v) is 5.65. The molecule has 1 aromatic heterocycles. The molecule has 1 aromatic rings. The maximum Gasteiger partial charge on any atom is 0.154 e. The number of piperidine rings is 1. The maximum atomic E-state index is 14.8. The fourth-order valence-corrected chi connectivity index (χ4v) is 3.28. The molecule has 1 fully saturated rings. The van der Waals surface area contributed by atoms with Crippen LogP contribution in [0.15, 0.2) is 4.60 Å². The molecule has 0 spiro atoms. The van der Waals surface area contributed by atoms with Crippen molar-refractivity contribution >= 4 is 15.9 Å². The fraction of sp³-hybridized carbons (Fsp3) is 0.818. The summed E-state index contributed by atoms with van der Waals surface area (Å²) in [5.74, 6) is 0. The first-order valence-electron chi connectivity index (χ1n) is 5.98. The van der Waals surface area contributed by atoms with Gasteiger partial charge in [0.05, 0.1) is 0 Å². The number of hydrogen-bond acceptors (Lipinski definition) is 3. The van der Waals surface area contributed by atoms with Crippen molar-refractivity contribution in [2.75, 3.05) is 6.54 Å². The molecule has 17 heavy (non-hydrogen) atoms. The number of nitrogens with zero attached hydrogens (tertiary/aromatic N) is 3. The largest absolute Gasteiger partial charge is 0.314 e. The summed E-state index contributed by atoms with van der Waals surface area (Å²) >= 11 is 3.26. The summed E-state index contributed by atoms with van der Waals surface area (Å²) in [7, 11) is 1.72. The predicted octanol–water partition coefficient (Wildman–Crippen LogP) is 2.29. The van der Waals surface area contributed by atoms with Gasteiger partial charge in [0, 0.05) is 19.5 Å². The highest BCUT2D eigenvalue weighted by Gasteiger charge is 2.35. The van der Waals surface area contributed by atoms with E-state index in [0.717, 1.165) is 13.0 Å². The highest BCUT2D eigenvalue weighted by atomic mass is 79.9. The fourth-order valence-electron chi connectivity index (χ4n) is 2.54. The number of alkyl halides is 1. The van der Waals surface area contributed by atoms with E-state index in [0.29, 0.717) is 16.7 Å². The first-order chi connectivity index (χ1) is 8.00. The minimum Gasteiger partial charge on any atom is -0.314 e. The number of rotatable bonds is 3. The van der Waals surface area contributed by atoms with E-state index in [-0.39, 0.29) is 6.04 Å². The molecule has 0 radical (unpaired) electrons. The lowest BCUT2D eigenvalue weighted by Gasteiger charge is -2.29. The quantitative estimate of drug-likeness (QED) is 0.932. The van der Waals surface area contributed by atoms with Crippen molar-refractivity contribution in [2.45, 2.75) is 44.3 Å². The average Bonchev–Trinajstić information content (AvgIpc) is 2.59. The molecule has 1 N–H and O–H groups in total. The van der Waals surface area contributed by atoms with E-state index in [4.69, 9.17) is 0 Å². The first-order valence-corrected chi connectivity index (χ1v) is 6.78. The van der Waals surface area contributed by atoms with Gasteiger partial charge in [0.25, 0.3) is 0 Å². The van der Waals surface area contributed by atoms with Gasteiger partial charge in [-0.1, -0.05) is 11.6 Å². The molecule has 2 unspecified atom stereocenters. The van der Waals surface area contributed by atoms with Gasteiger partial charge in [-0.15, -0.1) is 5.10 Å². The number of halogens is 2. The van der Waals surface area contributed by atoms with Gasteiger partial charge in [0.1, 0.15) is 5.69 Å². The molecule has 0 aliphatic carbocycles. The van der Waals surface area contributed by atoms with Crippen LogP contribution in [0.2, 0.25) is 0 Å². The second kappa shape index (κ2) is 5.02. The van der Waals surface area contributed by atoms with Crippen molar-refractivity contribution in [1.29, 1.82) is 0 Å². The summed E-state index contributed by atoms with van der Waals surface area (Å²) in [6, 6.07) is 0.251. The van der Waals surface area contributed by atoms with Gasteiger partial charge >= 0.3 is 0 Å². The van der Waals surface area contributed by atoms with Crippen molar-refractivity contribution in [3.8, 4) is 0 Å². The number of hydrogen-bond donors (Lipinski definition) is 1. The van der Waals surface area contributed by atoms with E-state index < -0.39 is 5.67 Å². The number of aromatic nitrogens is 3. The second-order valence-electron chi connectivity index (χ2n) is 4.90. The summed E-state index contributed by atoms with van der Waals surface area (Å²) in [6.45, 7) is 2.60. The van der Waals surface area contributed by atoms with Gasteiger partial charge < -0.3 is 5.32 Å². The zero-order valence-electron chi connectivity index (χ0n) is 10.2. The van der Waals surface area contributed by atoms with Crippen LogP contribution in [0.3, 0.4) is 0 Å². The Labute approximate surface area is 109 Å². The third-order valence-corrected chi connectivity index (χ3v) is 3.86. The van der Waals surface area contributed by atoms with Crippen molar-refractivity contribution in [3.05, 3.63) is 10.3 Å². The Kier molecular flexibility index (Phi) is 3.82. The molecule has 0 amide bonds. The average molecular weight is 305 g/mol. The van der Waals surface area contributed by atoms with E-state index in [2.05, 4.69) is 31.6 Å². The Balaban J connectivity index is 2.12. The summed E-state index contributed by atoms with van der Waals surface area (Å²) in [5, 5.41) is 11.1. The van der Waals surface area contributed by atoms with Crippen LogP contribution < -0.4 is 5.32 Å². The van der Waals surface area contributed by atoms with E-state index >= 15 is 0 Å². The predicted molar refractivity (Wildman–Crippen MR) is 67.4 cm³/mol. The molecule has 4 nitrogen and oxygen atoms in total. The molecule has 2 heterocycles. The standard InChI is InChI=1S/C11H18BrFN4/c1-11(13,7-8-5-3-4-6-14-8)9-10(12)15-16-17(9)2/h8,14H,3-7H2,1-2H3. The smallest absolute Gasteiger partial charge is 0.154 e. The molecule has 96 valence electrons. The molecule has 0 saturated carbocycles. The Bertz CT molecular complexity index is 365. The normalized spacial score (nSPS) is 24.6. The SMILES string of the molecule is Cn1nnc(Br)c1C(C)(F)CC1CCCCN1. The van der Waals surface area contributed by atoms with Crippen LogP contribution in [-0.4, -0.2) is 27.6 Å². The minimum atomic E-state index is -1.41. The van der Waals surface area contributed by atoms with Gasteiger partial charge in [-0.25, -0.2) is 9.07 Å². The monoisotopic (exact) mass is 304 g/mol. The van der Waals surface area contributed by atoms with Crippen LogP contribution in [0.25, 0.3) is 0 Å². The Hall–Kier alpha value is -0.490. The van der Waals surface area contributed by atoms with E-state index in [1.165, 1.54) is 17.5 Å². The van der Waals surface area contributed by atoms with Crippen LogP contribution in [0.1, 0.15) is 38.3 Å². The maximum absolute atomic E-state index is 14.8. The van der Waals surface area contributed by atoms with Gasteiger partial charge in [-0.05, 0) is 42.2 Å². The third-order valence-electron chi connectivity index (χ3n) is 3.32. The van der Waals surface area contributed by atoms with Crippen LogP contribution in [0, 0.1) is 0 Å². The third kappa shape index (κ3) is 2.85. The topological polar surface area (TPSA) is 42.7 Å². The van der Waals surface area contributed by atoms with Gasteiger partial charge in [-0.3, -0.25) is 0 Å². The summed E-state index contributed by atoms with van der Waals surface area (Å²) in [6.07, 6.45) is 3.88. The molecular weight excluding hydrogens is 287 g/mol.